The van der Waals surface area contributed by atoms with Crippen molar-refractivity contribution in [2.45, 2.75) is 24.8 Å². The van der Waals surface area contributed by atoms with Crippen LogP contribution in [0.3, 0.4) is 0 Å². The highest BCUT2D eigenvalue weighted by Gasteiger charge is 2.42. The number of aliphatic imine (C=N–C) groups is 1. The van der Waals surface area contributed by atoms with Gasteiger partial charge in [0.15, 0.2) is 0 Å². The summed E-state index contributed by atoms with van der Waals surface area (Å²) in [5, 5.41) is 7.47. The average molecular weight is 358 g/mol. The molecule has 1 fully saturated rings. The first-order chi connectivity index (χ1) is 12.8. The first-order valence-electron chi connectivity index (χ1n) is 9.83. The lowest BCUT2D eigenvalue weighted by molar-refractivity contribution is 0.0388. The summed E-state index contributed by atoms with van der Waals surface area (Å²) in [4.78, 5) is 7.36. The predicted octanol–water partition coefficient (Wildman–Crippen LogP) is 1.15. The van der Waals surface area contributed by atoms with Crippen molar-refractivity contribution in [3.8, 4) is 5.75 Å². The third-order valence-electron chi connectivity index (χ3n) is 5.81. The number of nitrogens with one attached hydrogen (secondary N) is 2. The van der Waals surface area contributed by atoms with E-state index in [9.17, 15) is 0 Å². The van der Waals surface area contributed by atoms with Crippen LogP contribution in [-0.2, 0) is 16.7 Å². The van der Waals surface area contributed by atoms with Gasteiger partial charge in [-0.2, -0.15) is 0 Å². The SMILES string of the molecule is COc1ccc2c(c1)CCCC21NCCN=C1NCCN1CCOCC1. The van der Waals surface area contributed by atoms with Crippen LogP contribution in [0.4, 0.5) is 0 Å². The molecule has 2 N–H and O–H groups in total. The zero-order valence-corrected chi connectivity index (χ0v) is 15.7. The van der Waals surface area contributed by atoms with Crippen molar-refractivity contribution >= 4 is 5.84 Å². The van der Waals surface area contributed by atoms with Crippen molar-refractivity contribution in [2.24, 2.45) is 4.99 Å². The molecule has 1 aliphatic carbocycles. The van der Waals surface area contributed by atoms with Gasteiger partial charge in [0.2, 0.25) is 0 Å². The number of amidine groups is 1. The highest BCUT2D eigenvalue weighted by Crippen LogP contribution is 2.38. The van der Waals surface area contributed by atoms with Crippen LogP contribution in [0.2, 0.25) is 0 Å². The lowest BCUT2D eigenvalue weighted by Gasteiger charge is -2.43. The molecular formula is C20H30N4O2. The van der Waals surface area contributed by atoms with E-state index in [1.807, 2.05) is 0 Å². The van der Waals surface area contributed by atoms with E-state index in [1.54, 1.807) is 7.11 Å². The van der Waals surface area contributed by atoms with Crippen molar-refractivity contribution in [3.05, 3.63) is 29.3 Å². The average Bonchev–Trinajstić information content (AvgIpc) is 2.70. The van der Waals surface area contributed by atoms with Crippen molar-refractivity contribution in [1.29, 1.82) is 0 Å². The fourth-order valence-corrected chi connectivity index (χ4v) is 4.45. The molecule has 1 atom stereocenters. The van der Waals surface area contributed by atoms with Gasteiger partial charge in [-0.1, -0.05) is 6.07 Å². The minimum absolute atomic E-state index is 0.164. The number of hydrogen-bond donors (Lipinski definition) is 2. The lowest BCUT2D eigenvalue weighted by Crippen LogP contribution is -2.59. The number of morpholine rings is 1. The Kier molecular flexibility index (Phi) is 5.43. The number of rotatable bonds is 4. The highest BCUT2D eigenvalue weighted by atomic mass is 16.5. The first kappa shape index (κ1) is 17.8. The molecule has 2 heterocycles. The van der Waals surface area contributed by atoms with Crippen molar-refractivity contribution in [3.63, 3.8) is 0 Å². The maximum absolute atomic E-state index is 5.44. The van der Waals surface area contributed by atoms with Gasteiger partial charge in [0, 0.05) is 32.7 Å². The van der Waals surface area contributed by atoms with Crippen LogP contribution in [-0.4, -0.2) is 70.3 Å². The van der Waals surface area contributed by atoms with Gasteiger partial charge in [-0.3, -0.25) is 15.2 Å². The van der Waals surface area contributed by atoms with Gasteiger partial charge >= 0.3 is 0 Å². The van der Waals surface area contributed by atoms with Gasteiger partial charge in [0.25, 0.3) is 0 Å². The van der Waals surface area contributed by atoms with E-state index in [4.69, 9.17) is 14.5 Å². The lowest BCUT2D eigenvalue weighted by atomic mass is 9.74. The Hall–Kier alpha value is -1.63. The van der Waals surface area contributed by atoms with E-state index in [0.29, 0.717) is 0 Å². The van der Waals surface area contributed by atoms with Crippen LogP contribution < -0.4 is 15.4 Å². The van der Waals surface area contributed by atoms with E-state index in [0.717, 1.165) is 83.3 Å². The Morgan fingerprint density at radius 1 is 1.35 bits per heavy atom. The molecule has 0 amide bonds. The third-order valence-corrected chi connectivity index (χ3v) is 5.81. The molecule has 142 valence electrons. The molecule has 0 aromatic heterocycles. The molecule has 6 nitrogen and oxygen atoms in total. The molecular weight excluding hydrogens is 328 g/mol. The zero-order valence-electron chi connectivity index (χ0n) is 15.7. The number of ether oxygens (including phenoxy) is 2. The highest BCUT2D eigenvalue weighted by molar-refractivity contribution is 5.94. The molecule has 0 radical (unpaired) electrons. The molecule has 26 heavy (non-hydrogen) atoms. The van der Waals surface area contributed by atoms with Gasteiger partial charge < -0.3 is 14.8 Å². The predicted molar refractivity (Wildman–Crippen MR) is 103 cm³/mol. The molecule has 1 aromatic carbocycles. The number of nitrogens with zero attached hydrogens (tertiary/aromatic N) is 2. The Morgan fingerprint density at radius 3 is 3.08 bits per heavy atom. The number of aryl methyl sites for hydroxylation is 1. The summed E-state index contributed by atoms with van der Waals surface area (Å²) in [5.74, 6) is 2.05. The summed E-state index contributed by atoms with van der Waals surface area (Å²) in [7, 11) is 1.74. The quantitative estimate of drug-likeness (QED) is 0.846. The molecule has 0 bridgehead atoms. The fraction of sp³-hybridized carbons (Fsp3) is 0.650. The molecule has 1 aromatic rings. The summed E-state index contributed by atoms with van der Waals surface area (Å²) in [5.41, 5.74) is 2.58. The summed E-state index contributed by atoms with van der Waals surface area (Å²) in [6.45, 7) is 7.48. The van der Waals surface area contributed by atoms with Crippen LogP contribution in [0.1, 0.15) is 24.0 Å². The van der Waals surface area contributed by atoms with Gasteiger partial charge in [-0.25, -0.2) is 0 Å². The Labute approximate surface area is 156 Å². The fourth-order valence-electron chi connectivity index (χ4n) is 4.45. The Morgan fingerprint density at radius 2 is 2.23 bits per heavy atom. The van der Waals surface area contributed by atoms with Crippen LogP contribution in [0.25, 0.3) is 0 Å². The van der Waals surface area contributed by atoms with Crippen LogP contribution >= 0.6 is 0 Å². The molecule has 6 heteroatoms. The third kappa shape index (κ3) is 3.46. The van der Waals surface area contributed by atoms with Crippen molar-refractivity contribution in [1.82, 2.24) is 15.5 Å². The molecule has 1 unspecified atom stereocenters. The van der Waals surface area contributed by atoms with Gasteiger partial charge in [-0.05, 0) is 42.5 Å². The van der Waals surface area contributed by atoms with E-state index < -0.39 is 0 Å². The molecule has 0 saturated carbocycles. The monoisotopic (exact) mass is 358 g/mol. The second kappa shape index (κ2) is 7.94. The van der Waals surface area contributed by atoms with E-state index in [-0.39, 0.29) is 5.54 Å². The van der Waals surface area contributed by atoms with E-state index >= 15 is 0 Å². The molecule has 2 aliphatic heterocycles. The minimum Gasteiger partial charge on any atom is -0.497 e. The largest absolute Gasteiger partial charge is 0.497 e. The number of benzene rings is 1. The molecule has 3 aliphatic rings. The second-order valence-corrected chi connectivity index (χ2v) is 7.32. The van der Waals surface area contributed by atoms with Crippen molar-refractivity contribution in [2.75, 3.05) is 59.6 Å². The summed E-state index contributed by atoms with van der Waals surface area (Å²) in [6, 6.07) is 6.50. The van der Waals surface area contributed by atoms with Crippen LogP contribution in [0.5, 0.6) is 5.75 Å². The summed E-state index contributed by atoms with van der Waals surface area (Å²) in [6.07, 6.45) is 3.37. The minimum atomic E-state index is -0.164. The molecule has 4 rings (SSSR count). The standard InChI is InChI=1S/C20H30N4O2/c1-25-17-4-5-18-16(15-17)3-2-6-20(18)19(21-7-8-23-20)22-9-10-24-11-13-26-14-12-24/h4-5,15,23H,2-3,6-14H2,1H3,(H,21,22). The normalized spacial score (nSPS) is 26.3. The van der Waals surface area contributed by atoms with Gasteiger partial charge in [0.1, 0.15) is 17.1 Å². The van der Waals surface area contributed by atoms with Gasteiger partial charge in [0.05, 0.1) is 26.9 Å². The summed E-state index contributed by atoms with van der Waals surface area (Å²) < 4.78 is 10.9. The maximum atomic E-state index is 5.44. The van der Waals surface area contributed by atoms with Crippen molar-refractivity contribution < 1.29 is 9.47 Å². The number of methoxy groups -OCH3 is 1. The second-order valence-electron chi connectivity index (χ2n) is 7.32. The topological polar surface area (TPSA) is 58.1 Å². The van der Waals surface area contributed by atoms with Crippen LogP contribution in [0, 0.1) is 0 Å². The van der Waals surface area contributed by atoms with E-state index in [1.165, 1.54) is 11.1 Å². The zero-order chi connectivity index (χ0) is 17.8. The Bertz CT molecular complexity index is 657. The molecule has 1 spiro atoms. The number of hydrogen-bond acceptors (Lipinski definition) is 6. The maximum Gasteiger partial charge on any atom is 0.122 e. The van der Waals surface area contributed by atoms with Gasteiger partial charge in [-0.15, -0.1) is 0 Å². The number of fused-ring (bicyclic) bond motifs is 2. The summed E-state index contributed by atoms with van der Waals surface area (Å²) >= 11 is 0. The Balaban J connectivity index is 1.51. The smallest absolute Gasteiger partial charge is 0.122 e. The van der Waals surface area contributed by atoms with E-state index in [2.05, 4.69) is 33.7 Å². The molecule has 1 saturated heterocycles. The van der Waals surface area contributed by atoms with Crippen LogP contribution in [0.15, 0.2) is 23.2 Å². The first-order valence-corrected chi connectivity index (χ1v) is 9.83.